The van der Waals surface area contributed by atoms with Gasteiger partial charge in [0.2, 0.25) is 5.91 Å². The monoisotopic (exact) mass is 404 g/mol. The van der Waals surface area contributed by atoms with Gasteiger partial charge in [0.25, 0.3) is 0 Å². The van der Waals surface area contributed by atoms with Gasteiger partial charge in [-0.1, -0.05) is 12.1 Å². The first-order valence-corrected chi connectivity index (χ1v) is 9.61. The Morgan fingerprint density at radius 2 is 1.87 bits per heavy atom. The minimum atomic E-state index is -0.301. The number of methoxy groups -OCH3 is 1. The van der Waals surface area contributed by atoms with Gasteiger partial charge in [-0.05, 0) is 54.1 Å². The second-order valence-electron chi connectivity index (χ2n) is 6.81. The molecule has 0 radical (unpaired) electrons. The van der Waals surface area contributed by atoms with E-state index in [1.807, 2.05) is 41.0 Å². The fourth-order valence-corrected chi connectivity index (χ4v) is 3.29. The van der Waals surface area contributed by atoms with Crippen LogP contribution in [0.2, 0.25) is 0 Å². The van der Waals surface area contributed by atoms with Gasteiger partial charge in [-0.2, -0.15) is 0 Å². The fourth-order valence-electron chi connectivity index (χ4n) is 3.29. The standard InChI is InChI=1S/C23H21FN4O2/c1-30-19-10-4-16(5-11-19)15-21(29)25-13-14-28-22(17-6-8-18(24)9-7-17)27-20-3-2-12-26-23(20)28/h2-12H,13-15H2,1H3,(H,25,29). The number of hydrogen-bond donors (Lipinski definition) is 1. The van der Waals surface area contributed by atoms with Crippen LogP contribution in [0.3, 0.4) is 0 Å². The first-order valence-electron chi connectivity index (χ1n) is 9.61. The van der Waals surface area contributed by atoms with Crippen molar-refractivity contribution in [3.05, 3.63) is 78.2 Å². The molecule has 1 N–H and O–H groups in total. The molecule has 1 amide bonds. The van der Waals surface area contributed by atoms with Gasteiger partial charge >= 0.3 is 0 Å². The highest BCUT2D eigenvalue weighted by Gasteiger charge is 2.14. The van der Waals surface area contributed by atoms with Crippen molar-refractivity contribution in [1.82, 2.24) is 19.9 Å². The van der Waals surface area contributed by atoms with E-state index < -0.39 is 0 Å². The van der Waals surface area contributed by atoms with Crippen LogP contribution in [0.15, 0.2) is 66.9 Å². The maximum atomic E-state index is 13.3. The molecule has 0 saturated carbocycles. The Balaban J connectivity index is 1.47. The highest BCUT2D eigenvalue weighted by molar-refractivity contribution is 5.79. The third-order valence-electron chi connectivity index (χ3n) is 4.79. The number of pyridine rings is 1. The maximum Gasteiger partial charge on any atom is 0.224 e. The number of halogens is 1. The maximum absolute atomic E-state index is 13.3. The van der Waals surface area contributed by atoms with Crippen LogP contribution in [0.5, 0.6) is 5.75 Å². The molecule has 2 aromatic carbocycles. The number of ether oxygens (including phenoxy) is 1. The molecule has 152 valence electrons. The van der Waals surface area contributed by atoms with Gasteiger partial charge < -0.3 is 14.6 Å². The van der Waals surface area contributed by atoms with Crippen molar-refractivity contribution < 1.29 is 13.9 Å². The van der Waals surface area contributed by atoms with E-state index in [4.69, 9.17) is 4.74 Å². The molecule has 6 nitrogen and oxygen atoms in total. The van der Waals surface area contributed by atoms with Gasteiger partial charge in [-0.3, -0.25) is 4.79 Å². The number of rotatable bonds is 7. The van der Waals surface area contributed by atoms with Crippen molar-refractivity contribution >= 4 is 17.1 Å². The molecule has 0 aliphatic carbocycles. The molecule has 2 heterocycles. The van der Waals surface area contributed by atoms with E-state index in [-0.39, 0.29) is 18.1 Å². The minimum Gasteiger partial charge on any atom is -0.497 e. The summed E-state index contributed by atoms with van der Waals surface area (Å²) in [5, 5.41) is 2.94. The Hall–Kier alpha value is -3.74. The van der Waals surface area contributed by atoms with E-state index in [1.54, 1.807) is 25.4 Å². The Morgan fingerprint density at radius 1 is 1.10 bits per heavy atom. The van der Waals surface area contributed by atoms with E-state index in [0.29, 0.717) is 18.9 Å². The number of benzene rings is 2. The van der Waals surface area contributed by atoms with Crippen LogP contribution in [0, 0.1) is 5.82 Å². The van der Waals surface area contributed by atoms with Crippen molar-refractivity contribution in [2.45, 2.75) is 13.0 Å². The van der Waals surface area contributed by atoms with Crippen LogP contribution in [0.25, 0.3) is 22.6 Å². The summed E-state index contributed by atoms with van der Waals surface area (Å²) in [6, 6.07) is 17.3. The molecule has 0 spiro atoms. The minimum absolute atomic E-state index is 0.0686. The van der Waals surface area contributed by atoms with Crippen molar-refractivity contribution in [2.24, 2.45) is 0 Å². The number of amides is 1. The summed E-state index contributed by atoms with van der Waals surface area (Å²) in [6.45, 7) is 0.916. The topological polar surface area (TPSA) is 69.0 Å². The number of nitrogens with zero attached hydrogens (tertiary/aromatic N) is 3. The Kier molecular flexibility index (Phi) is 5.70. The lowest BCUT2D eigenvalue weighted by Gasteiger charge is -2.10. The summed E-state index contributed by atoms with van der Waals surface area (Å²) < 4.78 is 20.4. The van der Waals surface area contributed by atoms with Gasteiger partial charge in [0.1, 0.15) is 22.9 Å². The second kappa shape index (κ2) is 8.73. The molecule has 30 heavy (non-hydrogen) atoms. The number of nitrogens with one attached hydrogen (secondary N) is 1. The summed E-state index contributed by atoms with van der Waals surface area (Å²) in [7, 11) is 1.61. The van der Waals surface area contributed by atoms with Gasteiger partial charge in [0.15, 0.2) is 5.65 Å². The lowest BCUT2D eigenvalue weighted by atomic mass is 10.1. The van der Waals surface area contributed by atoms with Crippen molar-refractivity contribution in [3.8, 4) is 17.1 Å². The molecule has 0 aliphatic heterocycles. The van der Waals surface area contributed by atoms with E-state index in [9.17, 15) is 9.18 Å². The number of aromatic nitrogens is 3. The Labute approximate surface area is 173 Å². The largest absolute Gasteiger partial charge is 0.497 e. The van der Waals surface area contributed by atoms with Crippen LogP contribution in [-0.4, -0.2) is 34.1 Å². The third kappa shape index (κ3) is 4.30. The fraction of sp³-hybridized carbons (Fsp3) is 0.174. The zero-order valence-electron chi connectivity index (χ0n) is 16.5. The second-order valence-corrected chi connectivity index (χ2v) is 6.81. The van der Waals surface area contributed by atoms with Gasteiger partial charge in [0, 0.05) is 24.8 Å². The highest BCUT2D eigenvalue weighted by atomic mass is 19.1. The SMILES string of the molecule is COc1ccc(CC(=O)NCCn2c(-c3ccc(F)cc3)nc3cccnc32)cc1. The molecule has 0 unspecified atom stereocenters. The highest BCUT2D eigenvalue weighted by Crippen LogP contribution is 2.23. The normalized spacial score (nSPS) is 10.9. The molecule has 4 aromatic rings. The van der Waals surface area contributed by atoms with Gasteiger partial charge in [-0.25, -0.2) is 14.4 Å². The zero-order chi connectivity index (χ0) is 20.9. The average Bonchev–Trinajstić information content (AvgIpc) is 3.13. The number of hydrogen-bond acceptors (Lipinski definition) is 4. The van der Waals surface area contributed by atoms with Crippen LogP contribution in [-0.2, 0) is 17.8 Å². The lowest BCUT2D eigenvalue weighted by molar-refractivity contribution is -0.120. The predicted octanol–water partition coefficient (Wildman–Crippen LogP) is 3.60. The van der Waals surface area contributed by atoms with Crippen molar-refractivity contribution in [1.29, 1.82) is 0 Å². The summed E-state index contributed by atoms with van der Waals surface area (Å²) in [6.07, 6.45) is 1.99. The molecular weight excluding hydrogens is 383 g/mol. The Morgan fingerprint density at radius 3 is 2.60 bits per heavy atom. The summed E-state index contributed by atoms with van der Waals surface area (Å²) >= 11 is 0. The number of carbonyl (C=O) groups excluding carboxylic acids is 1. The molecule has 0 saturated heterocycles. The average molecular weight is 404 g/mol. The van der Waals surface area contributed by atoms with E-state index in [1.165, 1.54) is 12.1 Å². The quantitative estimate of drug-likeness (QED) is 0.511. The molecule has 7 heteroatoms. The number of imidazole rings is 1. The zero-order valence-corrected chi connectivity index (χ0v) is 16.5. The summed E-state index contributed by atoms with van der Waals surface area (Å²) in [5.41, 5.74) is 3.18. The molecule has 2 aromatic heterocycles. The summed E-state index contributed by atoms with van der Waals surface area (Å²) in [5.74, 6) is 1.08. The van der Waals surface area contributed by atoms with Crippen LogP contribution in [0.1, 0.15) is 5.56 Å². The molecule has 0 atom stereocenters. The number of fused-ring (bicyclic) bond motifs is 1. The lowest BCUT2D eigenvalue weighted by Crippen LogP contribution is -2.28. The van der Waals surface area contributed by atoms with Crippen LogP contribution in [0.4, 0.5) is 4.39 Å². The van der Waals surface area contributed by atoms with E-state index in [0.717, 1.165) is 28.0 Å². The Bertz CT molecular complexity index is 1150. The van der Waals surface area contributed by atoms with Crippen molar-refractivity contribution in [2.75, 3.05) is 13.7 Å². The van der Waals surface area contributed by atoms with E-state index in [2.05, 4.69) is 15.3 Å². The first-order chi connectivity index (χ1) is 14.6. The summed E-state index contributed by atoms with van der Waals surface area (Å²) in [4.78, 5) is 21.4. The smallest absolute Gasteiger partial charge is 0.224 e. The van der Waals surface area contributed by atoms with Gasteiger partial charge in [-0.15, -0.1) is 0 Å². The predicted molar refractivity (Wildman–Crippen MR) is 113 cm³/mol. The van der Waals surface area contributed by atoms with Crippen LogP contribution >= 0.6 is 0 Å². The third-order valence-corrected chi connectivity index (χ3v) is 4.79. The van der Waals surface area contributed by atoms with Crippen LogP contribution < -0.4 is 10.1 Å². The van der Waals surface area contributed by atoms with E-state index >= 15 is 0 Å². The molecular formula is C23H21FN4O2. The van der Waals surface area contributed by atoms with Crippen molar-refractivity contribution in [3.63, 3.8) is 0 Å². The number of carbonyl (C=O) groups is 1. The molecule has 4 rings (SSSR count). The molecule has 0 bridgehead atoms. The van der Waals surface area contributed by atoms with Gasteiger partial charge in [0.05, 0.1) is 13.5 Å². The molecule has 0 fully saturated rings. The molecule has 0 aliphatic rings. The first kappa shape index (κ1) is 19.6.